The molecule has 1 aromatic heterocycles. The molecule has 1 aliphatic rings. The fourth-order valence-corrected chi connectivity index (χ4v) is 7.77. The van der Waals surface area contributed by atoms with Gasteiger partial charge in [0.2, 0.25) is 41.4 Å². The average Bonchev–Trinajstić information content (AvgIpc) is 3.54. The number of hydrogen-bond donors (Lipinski definition) is 9. The molecule has 1 saturated heterocycles. The zero-order valence-corrected chi connectivity index (χ0v) is 38.0. The molecule has 1 aromatic rings. The zero-order valence-electron chi connectivity index (χ0n) is 37.1. The van der Waals surface area contributed by atoms with Crippen LogP contribution in [0, 0.1) is 15.6 Å². The normalized spacial score (nSPS) is 19.3. The van der Waals surface area contributed by atoms with E-state index in [0.717, 1.165) is 44.6 Å². The number of nitrogens with two attached hydrogens (primary N) is 1. The quantitative estimate of drug-likeness (QED) is 0.0325. The number of thioether (sulfide) groups is 1. The largest absolute Gasteiger partial charge is 3.00 e. The first-order valence-electron chi connectivity index (χ1n) is 20.0. The fraction of sp³-hybridized carbons (Fsp3) is 0.667. The molecule has 0 spiro atoms. The standard InChI is InChI=1S/C36H55N10O18S.Fe/c1-17(48)44(62)12-5-8-20(37)30(55)38-21(9-6-13-45(63)18(2)49)31(56)39-22(10-7-14-46(64)19(3)50)32(57)40-23(16-47)33(58)41-25(35(59)60)26(52)29-27(53)28(54)34(65-29)43-15-11-24(51)42(4)36(43)61;/h11,15,20-23,25-29,34,47,52-54H,5-10,12-14,16,37H2,1-4H3,(H,38,55)(H,39,56)(H,40,57)(H,41,58)(H,59,60);/q-3;+3/t20-,21-,22-,23-,25+,26-,27+,28+,29+,34+;/m0./s1. The summed E-state index contributed by atoms with van der Waals surface area (Å²) >= 11 is 0.514. The van der Waals surface area contributed by atoms with Gasteiger partial charge in [0.15, 0.2) is 0 Å². The molecule has 28 nitrogen and oxygen atoms in total. The average molecular weight is 1000 g/mol. The maximum absolute atomic E-state index is 13.7. The maximum atomic E-state index is 13.7. The van der Waals surface area contributed by atoms with Crippen LogP contribution in [0.25, 0.3) is 0 Å². The van der Waals surface area contributed by atoms with Crippen molar-refractivity contribution in [3.63, 3.8) is 0 Å². The van der Waals surface area contributed by atoms with Crippen molar-refractivity contribution in [3.05, 3.63) is 48.7 Å². The molecule has 1 aliphatic heterocycles. The monoisotopic (exact) mass is 1000 g/mol. The molecular formula is C36H55FeN10O18S. The summed E-state index contributed by atoms with van der Waals surface area (Å²) in [6, 6.07) is -8.16. The molecule has 1 radical (unpaired) electrons. The molecule has 0 aliphatic carbocycles. The van der Waals surface area contributed by atoms with E-state index in [1.165, 1.54) is 0 Å². The van der Waals surface area contributed by atoms with Crippen LogP contribution in [0.4, 0.5) is 0 Å². The molecule has 30 heteroatoms. The number of carboxylic acids is 1. The molecule has 0 bridgehead atoms. The number of carbonyl (C=O) groups is 8. The van der Waals surface area contributed by atoms with Gasteiger partial charge in [-0.15, -0.1) is 11.8 Å². The van der Waals surface area contributed by atoms with Crippen molar-refractivity contribution in [3.8, 4) is 0 Å². The van der Waals surface area contributed by atoms with Crippen LogP contribution in [0.5, 0.6) is 0 Å². The van der Waals surface area contributed by atoms with Crippen molar-refractivity contribution in [2.45, 2.75) is 118 Å². The van der Waals surface area contributed by atoms with E-state index >= 15 is 0 Å². The Hall–Kier alpha value is -5.01. The number of carboxylic acid groups (broad SMARTS) is 1. The first-order chi connectivity index (χ1) is 30.3. The van der Waals surface area contributed by atoms with Crippen molar-refractivity contribution >= 4 is 59.1 Å². The molecule has 2 heterocycles. The van der Waals surface area contributed by atoms with Gasteiger partial charge < -0.3 is 88.1 Å². The van der Waals surface area contributed by atoms with E-state index in [4.69, 9.17) is 5.73 Å². The molecule has 0 unspecified atom stereocenters. The van der Waals surface area contributed by atoms with Crippen LogP contribution in [0.3, 0.4) is 0 Å². The van der Waals surface area contributed by atoms with E-state index in [1.54, 1.807) is 0 Å². The molecule has 371 valence electrons. The Bertz CT molecular complexity index is 2000. The van der Waals surface area contributed by atoms with Gasteiger partial charge in [-0.1, -0.05) is 0 Å². The van der Waals surface area contributed by atoms with Crippen LogP contribution in [0.2, 0.25) is 0 Å². The van der Waals surface area contributed by atoms with Crippen molar-refractivity contribution in [2.75, 3.05) is 26.2 Å². The van der Waals surface area contributed by atoms with E-state index < -0.39 is 144 Å². The van der Waals surface area contributed by atoms with Crippen LogP contribution in [0.1, 0.15) is 66.1 Å². The summed E-state index contributed by atoms with van der Waals surface area (Å²) in [5.41, 5.74) is 4.29. The van der Waals surface area contributed by atoms with E-state index in [-0.39, 0.29) is 72.3 Å². The van der Waals surface area contributed by atoms with Crippen molar-refractivity contribution in [1.29, 1.82) is 0 Å². The summed E-state index contributed by atoms with van der Waals surface area (Å²) in [6.07, 6.45) is -6.47. The Morgan fingerprint density at radius 1 is 0.758 bits per heavy atom. The SMILES string of the molecule is CC(=O)N([O-])CCC[C@H](NC(=O)[C@H](CCCN([O-])C(C)=O)NC(=O)[C@@H](N)CCCN([O-])C(C)=O)C(=O)N[C@@H](CO)C(=O)N[C@@H](C(=O)[O-])[C@H](O)[C@H]1S[C@@H](n2ccc(=O)n(C)c2=O)[C@H](O)[C@H]1O.[Fe+3].[H+]. The Morgan fingerprint density at radius 3 is 1.62 bits per heavy atom. The zero-order chi connectivity index (χ0) is 49.5. The van der Waals surface area contributed by atoms with Crippen LogP contribution >= 0.6 is 11.8 Å². The van der Waals surface area contributed by atoms with E-state index in [1.807, 2.05) is 5.32 Å². The Kier molecular flexibility index (Phi) is 24.7. The molecule has 0 saturated carbocycles. The van der Waals surface area contributed by atoms with Gasteiger partial charge in [-0.2, -0.15) is 0 Å². The minimum atomic E-state index is -2.41. The predicted molar refractivity (Wildman–Crippen MR) is 223 cm³/mol. The minimum absolute atomic E-state index is 0. The van der Waals surface area contributed by atoms with Crippen molar-refractivity contribution < 1.29 is 82.4 Å². The third-order valence-corrected chi connectivity index (χ3v) is 11.7. The van der Waals surface area contributed by atoms with Crippen LogP contribution < -0.4 is 43.4 Å². The van der Waals surface area contributed by atoms with Crippen LogP contribution in [0.15, 0.2) is 21.9 Å². The van der Waals surface area contributed by atoms with Gasteiger partial charge in [-0.05, 0) is 38.5 Å². The molecule has 7 amide bonds. The first-order valence-corrected chi connectivity index (χ1v) is 20.9. The van der Waals surface area contributed by atoms with Crippen molar-refractivity contribution in [2.24, 2.45) is 12.8 Å². The molecule has 66 heavy (non-hydrogen) atoms. The van der Waals surface area contributed by atoms with Gasteiger partial charge in [0.1, 0.15) is 29.6 Å². The molecule has 0 aromatic carbocycles. The number of nitrogens with zero attached hydrogens (tertiary/aromatic N) is 5. The number of carbonyl (C=O) groups excluding carboxylic acids is 8. The smallest absolute Gasteiger partial charge is 0.756 e. The number of rotatable bonds is 25. The number of aliphatic hydroxyl groups excluding tert-OH is 4. The van der Waals surface area contributed by atoms with Gasteiger partial charge in [0.25, 0.3) is 5.56 Å². The fourth-order valence-electron chi connectivity index (χ4n) is 6.20. The summed E-state index contributed by atoms with van der Waals surface area (Å²) in [6.45, 7) is 0.460. The Labute approximate surface area is 392 Å². The van der Waals surface area contributed by atoms with E-state index in [9.17, 15) is 89.1 Å². The van der Waals surface area contributed by atoms with E-state index in [0.29, 0.717) is 16.3 Å². The summed E-state index contributed by atoms with van der Waals surface area (Å²) in [4.78, 5) is 125. The molecule has 2 rings (SSSR count). The number of nitrogens with one attached hydrogen (secondary N) is 4. The van der Waals surface area contributed by atoms with Gasteiger partial charge in [0, 0.05) is 59.7 Å². The number of amides is 7. The first kappa shape index (κ1) is 59.0. The summed E-state index contributed by atoms with van der Waals surface area (Å²) in [7, 11) is 1.13. The number of aliphatic carboxylic acids is 1. The third-order valence-electron chi connectivity index (χ3n) is 10.1. The van der Waals surface area contributed by atoms with Gasteiger partial charge in [0.05, 0.1) is 42.1 Å². The van der Waals surface area contributed by atoms with E-state index in [2.05, 4.69) is 16.0 Å². The van der Waals surface area contributed by atoms with Crippen LogP contribution in [-0.4, -0.2) is 172 Å². The molecule has 10 N–H and O–H groups in total. The van der Waals surface area contributed by atoms with Gasteiger partial charge in [-0.25, -0.2) is 4.79 Å². The predicted octanol–water partition coefficient (Wildman–Crippen LogP) is -7.26. The molecular weight excluding hydrogens is 948 g/mol. The summed E-state index contributed by atoms with van der Waals surface area (Å²) in [5, 5.41) is 96.2. The summed E-state index contributed by atoms with van der Waals surface area (Å²) in [5.74, 6) is -9.50. The Morgan fingerprint density at radius 2 is 1.18 bits per heavy atom. The number of aromatic nitrogens is 2. The van der Waals surface area contributed by atoms with Gasteiger partial charge in [-0.3, -0.25) is 47.5 Å². The second kappa shape index (κ2) is 27.6. The maximum Gasteiger partial charge on any atom is 3.00 e. The number of aliphatic hydroxyl groups is 4. The Balaban J connectivity index is 0.0000218. The third kappa shape index (κ3) is 17.0. The topological polar surface area (TPSA) is 438 Å². The van der Waals surface area contributed by atoms with Gasteiger partial charge >= 0.3 is 24.2 Å². The minimum Gasteiger partial charge on any atom is -0.756 e. The molecule has 1 fully saturated rings. The second-order valence-electron chi connectivity index (χ2n) is 14.9. The van der Waals surface area contributed by atoms with Crippen LogP contribution in [-0.2, 0) is 62.5 Å². The number of hydrogen-bond acceptors (Lipinski definition) is 20. The molecule has 10 atom stereocenters. The van der Waals surface area contributed by atoms with Crippen molar-refractivity contribution in [1.82, 2.24) is 45.6 Å². The second-order valence-corrected chi connectivity index (χ2v) is 16.2. The number of hydroxylamine groups is 6. The summed E-state index contributed by atoms with van der Waals surface area (Å²) < 4.78 is 1.53.